The van der Waals surface area contributed by atoms with Gasteiger partial charge < -0.3 is 14.4 Å². The van der Waals surface area contributed by atoms with Crippen LogP contribution in [0.5, 0.6) is 0 Å². The molecule has 1 heterocycles. The van der Waals surface area contributed by atoms with Crippen molar-refractivity contribution in [3.8, 4) is 0 Å². The van der Waals surface area contributed by atoms with Gasteiger partial charge in [-0.15, -0.1) is 0 Å². The number of hydrogen-bond donors (Lipinski definition) is 0. The zero-order valence-electron chi connectivity index (χ0n) is 14.6. The number of esters is 1. The van der Waals surface area contributed by atoms with Gasteiger partial charge in [-0.1, -0.05) is 43.7 Å². The summed E-state index contributed by atoms with van der Waals surface area (Å²) in [5, 5.41) is 0. The molecular weight excluding hydrogens is 306 g/mol. The summed E-state index contributed by atoms with van der Waals surface area (Å²) >= 11 is 0. The summed E-state index contributed by atoms with van der Waals surface area (Å²) in [6, 6.07) is 9.64. The third-order valence-corrected chi connectivity index (χ3v) is 4.53. The fraction of sp³-hybridized carbons (Fsp3) is 0.579. The summed E-state index contributed by atoms with van der Waals surface area (Å²) in [6.07, 6.45) is 4.63. The van der Waals surface area contributed by atoms with Crippen LogP contribution in [0.25, 0.3) is 0 Å². The second kappa shape index (κ2) is 9.30. The molecule has 1 amide bonds. The highest BCUT2D eigenvalue weighted by Gasteiger charge is 2.36. The molecule has 0 spiro atoms. The molecule has 0 unspecified atom stereocenters. The van der Waals surface area contributed by atoms with Crippen molar-refractivity contribution >= 4 is 12.1 Å². The van der Waals surface area contributed by atoms with Gasteiger partial charge >= 0.3 is 12.1 Å². The van der Waals surface area contributed by atoms with Gasteiger partial charge in [0.25, 0.3) is 0 Å². The number of carbonyl (C=O) groups excluding carboxylic acids is 2. The summed E-state index contributed by atoms with van der Waals surface area (Å²) in [4.78, 5) is 26.2. The number of likely N-dealkylation sites (tertiary alicyclic amines) is 1. The first-order valence-corrected chi connectivity index (χ1v) is 8.71. The summed E-state index contributed by atoms with van der Waals surface area (Å²) < 4.78 is 10.3. The molecule has 24 heavy (non-hydrogen) atoms. The number of carbonyl (C=O) groups is 2. The maximum atomic E-state index is 12.7. The fourth-order valence-corrected chi connectivity index (χ4v) is 3.35. The van der Waals surface area contributed by atoms with Gasteiger partial charge in [0.05, 0.1) is 13.5 Å². The molecule has 132 valence electrons. The van der Waals surface area contributed by atoms with E-state index in [1.807, 2.05) is 30.3 Å². The summed E-state index contributed by atoms with van der Waals surface area (Å²) in [6.45, 7) is 2.36. The van der Waals surface area contributed by atoms with E-state index < -0.39 is 0 Å². The summed E-state index contributed by atoms with van der Waals surface area (Å²) in [7, 11) is 1.38. The molecular formula is C19H27NO4. The molecule has 1 saturated heterocycles. The standard InChI is InChI=1S/C19H27NO4/c1-3-8-16-11-7-12-17(13-18(21)23-2)20(16)19(22)24-14-15-9-5-4-6-10-15/h4-6,9-10,16-17H,3,7-8,11-14H2,1-2H3/t16-,17-/m1/s1. The van der Waals surface area contributed by atoms with Crippen LogP contribution in [0.2, 0.25) is 0 Å². The molecule has 0 bridgehead atoms. The lowest BCUT2D eigenvalue weighted by Crippen LogP contribution is -2.51. The third-order valence-electron chi connectivity index (χ3n) is 4.53. The normalized spacial score (nSPS) is 20.5. The van der Waals surface area contributed by atoms with E-state index in [1.165, 1.54) is 7.11 Å². The molecule has 0 N–H and O–H groups in total. The lowest BCUT2D eigenvalue weighted by molar-refractivity contribution is -0.142. The van der Waals surface area contributed by atoms with Crippen molar-refractivity contribution < 1.29 is 19.1 Å². The Balaban J connectivity index is 2.05. The maximum absolute atomic E-state index is 12.7. The molecule has 1 aromatic rings. The molecule has 0 aliphatic carbocycles. The van der Waals surface area contributed by atoms with Gasteiger partial charge in [0, 0.05) is 12.1 Å². The van der Waals surface area contributed by atoms with Crippen molar-refractivity contribution in [1.82, 2.24) is 4.90 Å². The largest absolute Gasteiger partial charge is 0.469 e. The Kier molecular flexibility index (Phi) is 7.09. The average molecular weight is 333 g/mol. The van der Waals surface area contributed by atoms with Crippen LogP contribution >= 0.6 is 0 Å². The van der Waals surface area contributed by atoms with E-state index in [0.29, 0.717) is 0 Å². The first kappa shape index (κ1) is 18.3. The molecule has 1 aliphatic heterocycles. The first-order valence-electron chi connectivity index (χ1n) is 8.71. The number of amides is 1. The average Bonchev–Trinajstić information content (AvgIpc) is 2.61. The van der Waals surface area contributed by atoms with Crippen LogP contribution in [-0.4, -0.2) is 36.2 Å². The first-order chi connectivity index (χ1) is 11.7. The summed E-state index contributed by atoms with van der Waals surface area (Å²) in [5.74, 6) is -0.280. The van der Waals surface area contributed by atoms with Gasteiger partial charge in [-0.2, -0.15) is 0 Å². The Morgan fingerprint density at radius 1 is 1.17 bits per heavy atom. The molecule has 5 nitrogen and oxygen atoms in total. The molecule has 2 atom stereocenters. The smallest absolute Gasteiger partial charge is 0.410 e. The van der Waals surface area contributed by atoms with Crippen molar-refractivity contribution in [3.63, 3.8) is 0 Å². The number of methoxy groups -OCH3 is 1. The number of ether oxygens (including phenoxy) is 2. The molecule has 2 rings (SSSR count). The van der Waals surface area contributed by atoms with Crippen molar-refractivity contribution in [2.75, 3.05) is 7.11 Å². The highest BCUT2D eigenvalue weighted by atomic mass is 16.6. The molecule has 0 saturated carbocycles. The number of benzene rings is 1. The highest BCUT2D eigenvalue weighted by Crippen LogP contribution is 2.29. The van der Waals surface area contributed by atoms with E-state index >= 15 is 0 Å². The zero-order chi connectivity index (χ0) is 17.4. The summed E-state index contributed by atoms with van der Waals surface area (Å²) in [5.41, 5.74) is 0.958. The number of nitrogens with zero attached hydrogens (tertiary/aromatic N) is 1. The predicted octanol–water partition coefficient (Wildman–Crippen LogP) is 3.91. The lowest BCUT2D eigenvalue weighted by Gasteiger charge is -2.41. The van der Waals surface area contributed by atoms with E-state index in [1.54, 1.807) is 4.90 Å². The lowest BCUT2D eigenvalue weighted by atomic mass is 9.91. The SMILES string of the molecule is CCC[C@@H]1CCC[C@H](CC(=O)OC)N1C(=O)OCc1ccccc1. The van der Waals surface area contributed by atoms with Gasteiger partial charge in [0.15, 0.2) is 0 Å². The van der Waals surface area contributed by atoms with Gasteiger partial charge in [0.1, 0.15) is 6.61 Å². The van der Waals surface area contributed by atoms with Gasteiger partial charge in [-0.3, -0.25) is 4.79 Å². The monoisotopic (exact) mass is 333 g/mol. The van der Waals surface area contributed by atoms with Crippen molar-refractivity contribution in [2.45, 2.75) is 64.1 Å². The molecule has 1 fully saturated rings. The van der Waals surface area contributed by atoms with E-state index in [0.717, 1.165) is 37.7 Å². The minimum atomic E-state index is -0.328. The quantitative estimate of drug-likeness (QED) is 0.741. The Morgan fingerprint density at radius 3 is 2.54 bits per heavy atom. The Labute approximate surface area is 143 Å². The molecule has 5 heteroatoms. The molecule has 1 aliphatic rings. The van der Waals surface area contributed by atoms with E-state index in [2.05, 4.69) is 6.92 Å². The van der Waals surface area contributed by atoms with Gasteiger partial charge in [0.2, 0.25) is 0 Å². The molecule has 1 aromatic carbocycles. The van der Waals surface area contributed by atoms with Crippen LogP contribution in [0.3, 0.4) is 0 Å². The van der Waals surface area contributed by atoms with Crippen LogP contribution in [0.1, 0.15) is 51.0 Å². The molecule has 0 radical (unpaired) electrons. The van der Waals surface area contributed by atoms with E-state index in [-0.39, 0.29) is 37.2 Å². The third kappa shape index (κ3) is 4.98. The second-order valence-electron chi connectivity index (χ2n) is 6.25. The van der Waals surface area contributed by atoms with Crippen LogP contribution < -0.4 is 0 Å². The van der Waals surface area contributed by atoms with Crippen molar-refractivity contribution in [3.05, 3.63) is 35.9 Å². The minimum absolute atomic E-state index is 0.133. The maximum Gasteiger partial charge on any atom is 0.410 e. The number of rotatable bonds is 6. The van der Waals surface area contributed by atoms with Crippen LogP contribution in [0, 0.1) is 0 Å². The minimum Gasteiger partial charge on any atom is -0.469 e. The zero-order valence-corrected chi connectivity index (χ0v) is 14.6. The van der Waals surface area contributed by atoms with Crippen LogP contribution in [0.4, 0.5) is 4.79 Å². The number of hydrogen-bond acceptors (Lipinski definition) is 4. The van der Waals surface area contributed by atoms with Crippen molar-refractivity contribution in [2.24, 2.45) is 0 Å². The predicted molar refractivity (Wildman–Crippen MR) is 91.4 cm³/mol. The van der Waals surface area contributed by atoms with E-state index in [9.17, 15) is 9.59 Å². The molecule has 0 aromatic heterocycles. The Hall–Kier alpha value is -2.04. The van der Waals surface area contributed by atoms with Crippen molar-refractivity contribution in [1.29, 1.82) is 0 Å². The van der Waals surface area contributed by atoms with Crippen LogP contribution in [-0.2, 0) is 20.9 Å². The topological polar surface area (TPSA) is 55.8 Å². The second-order valence-corrected chi connectivity index (χ2v) is 6.25. The Morgan fingerprint density at radius 2 is 1.88 bits per heavy atom. The number of piperidine rings is 1. The van der Waals surface area contributed by atoms with Gasteiger partial charge in [-0.05, 0) is 31.2 Å². The fourth-order valence-electron chi connectivity index (χ4n) is 3.35. The van der Waals surface area contributed by atoms with Gasteiger partial charge in [-0.25, -0.2) is 4.79 Å². The Bertz CT molecular complexity index is 529. The van der Waals surface area contributed by atoms with E-state index in [4.69, 9.17) is 9.47 Å². The highest BCUT2D eigenvalue weighted by molar-refractivity contribution is 5.73. The van der Waals surface area contributed by atoms with Crippen LogP contribution in [0.15, 0.2) is 30.3 Å².